The van der Waals surface area contributed by atoms with Crippen molar-refractivity contribution in [2.75, 3.05) is 5.32 Å². The average molecular weight is 246 g/mol. The van der Waals surface area contributed by atoms with Crippen LogP contribution in [0.15, 0.2) is 41.1 Å². The summed E-state index contributed by atoms with van der Waals surface area (Å²) in [6.45, 7) is 3.48. The number of hydrogen-bond acceptors (Lipinski definition) is 3. The highest BCUT2D eigenvalue weighted by atomic mass is 16.5. The van der Waals surface area contributed by atoms with Crippen LogP contribution in [0.3, 0.4) is 0 Å². The predicted octanol–water partition coefficient (Wildman–Crippen LogP) is 1.72. The van der Waals surface area contributed by atoms with Crippen LogP contribution in [0, 0.1) is 0 Å². The summed E-state index contributed by atoms with van der Waals surface area (Å²) in [4.78, 5) is 10.9. The van der Waals surface area contributed by atoms with E-state index in [1.54, 1.807) is 10.9 Å². The van der Waals surface area contributed by atoms with Crippen molar-refractivity contribution in [1.82, 2.24) is 5.27 Å². The average Bonchev–Trinajstić information content (AvgIpc) is 2.78. The smallest absolute Gasteiger partial charge is 0.289 e. The Balaban J connectivity index is 2.03. The molecule has 5 nitrogen and oxygen atoms in total. The number of amides is 1. The zero-order valence-corrected chi connectivity index (χ0v) is 10.5. The SMILES string of the molecule is CC(=O)Nc1c[n+](C(C)Cc2ccccc2)no1. The van der Waals surface area contributed by atoms with Crippen LogP contribution in [0.1, 0.15) is 25.5 Å². The maximum atomic E-state index is 10.9. The van der Waals surface area contributed by atoms with Gasteiger partial charge in [0.1, 0.15) is 0 Å². The van der Waals surface area contributed by atoms with Gasteiger partial charge in [0.15, 0.2) is 6.04 Å². The van der Waals surface area contributed by atoms with E-state index in [0.29, 0.717) is 5.88 Å². The summed E-state index contributed by atoms with van der Waals surface area (Å²) in [6.07, 6.45) is 2.55. The van der Waals surface area contributed by atoms with Crippen molar-refractivity contribution in [2.24, 2.45) is 0 Å². The molecule has 1 atom stereocenters. The summed E-state index contributed by atoms with van der Waals surface area (Å²) >= 11 is 0. The first-order chi connectivity index (χ1) is 8.65. The predicted molar refractivity (Wildman–Crippen MR) is 65.9 cm³/mol. The molecule has 1 amide bonds. The van der Waals surface area contributed by atoms with Crippen LogP contribution >= 0.6 is 0 Å². The summed E-state index contributed by atoms with van der Waals surface area (Å²) in [5.41, 5.74) is 1.24. The first-order valence-electron chi connectivity index (χ1n) is 5.85. The van der Waals surface area contributed by atoms with E-state index in [0.717, 1.165) is 6.42 Å². The van der Waals surface area contributed by atoms with E-state index in [1.165, 1.54) is 12.5 Å². The molecular formula is C13H16N3O2+. The van der Waals surface area contributed by atoms with Crippen molar-refractivity contribution < 1.29 is 14.0 Å². The van der Waals surface area contributed by atoms with Gasteiger partial charge < -0.3 is 0 Å². The molecule has 2 aromatic rings. The van der Waals surface area contributed by atoms with Crippen molar-refractivity contribution >= 4 is 11.8 Å². The van der Waals surface area contributed by atoms with Gasteiger partial charge in [0.25, 0.3) is 6.20 Å². The third kappa shape index (κ3) is 3.16. The molecule has 0 saturated heterocycles. The summed E-state index contributed by atoms with van der Waals surface area (Å²) < 4.78 is 6.72. The largest absolute Gasteiger partial charge is 0.302 e. The lowest BCUT2D eigenvalue weighted by atomic mass is 10.1. The van der Waals surface area contributed by atoms with E-state index in [4.69, 9.17) is 4.52 Å². The lowest BCUT2D eigenvalue weighted by Crippen LogP contribution is -2.40. The molecule has 1 heterocycles. The number of aromatic nitrogens is 2. The highest BCUT2D eigenvalue weighted by Crippen LogP contribution is 2.09. The zero-order valence-electron chi connectivity index (χ0n) is 10.5. The Hall–Kier alpha value is -2.17. The Morgan fingerprint density at radius 2 is 2.17 bits per heavy atom. The molecule has 0 spiro atoms. The van der Waals surface area contributed by atoms with Gasteiger partial charge in [-0.05, 0) is 10.2 Å². The molecule has 0 aliphatic heterocycles. The van der Waals surface area contributed by atoms with Crippen molar-refractivity contribution in [2.45, 2.75) is 26.3 Å². The fraction of sp³-hybridized carbons (Fsp3) is 0.308. The fourth-order valence-electron chi connectivity index (χ4n) is 1.74. The molecule has 0 fully saturated rings. The van der Waals surface area contributed by atoms with Crippen LogP contribution in [0.2, 0.25) is 0 Å². The minimum atomic E-state index is -0.172. The molecule has 0 radical (unpaired) electrons. The van der Waals surface area contributed by atoms with E-state index in [2.05, 4.69) is 22.7 Å². The van der Waals surface area contributed by atoms with Gasteiger partial charge in [0.2, 0.25) is 11.2 Å². The van der Waals surface area contributed by atoms with Gasteiger partial charge in [-0.1, -0.05) is 30.3 Å². The molecule has 18 heavy (non-hydrogen) atoms. The molecule has 5 heteroatoms. The van der Waals surface area contributed by atoms with Crippen LogP contribution in [0.5, 0.6) is 0 Å². The third-order valence-electron chi connectivity index (χ3n) is 2.61. The summed E-state index contributed by atoms with van der Waals surface area (Å²) in [6, 6.07) is 10.3. The first kappa shape index (κ1) is 12.3. The third-order valence-corrected chi connectivity index (χ3v) is 2.61. The van der Waals surface area contributed by atoms with Gasteiger partial charge in [0.05, 0.1) is 0 Å². The molecule has 94 valence electrons. The van der Waals surface area contributed by atoms with Gasteiger partial charge in [-0.15, -0.1) is 0 Å². The number of carbonyl (C=O) groups is 1. The molecule has 1 aromatic carbocycles. The Bertz CT molecular complexity index is 522. The van der Waals surface area contributed by atoms with E-state index in [-0.39, 0.29) is 11.9 Å². The molecule has 1 unspecified atom stereocenters. The van der Waals surface area contributed by atoms with E-state index < -0.39 is 0 Å². The Kier molecular flexibility index (Phi) is 3.72. The topological polar surface area (TPSA) is 59.0 Å². The summed E-state index contributed by atoms with van der Waals surface area (Å²) in [5.74, 6) is 0.191. The van der Waals surface area contributed by atoms with E-state index >= 15 is 0 Å². The number of nitrogens with zero attached hydrogens (tertiary/aromatic N) is 2. The Morgan fingerprint density at radius 1 is 1.44 bits per heavy atom. The van der Waals surface area contributed by atoms with Gasteiger partial charge >= 0.3 is 5.88 Å². The van der Waals surface area contributed by atoms with Crippen molar-refractivity contribution in [3.63, 3.8) is 0 Å². The Morgan fingerprint density at radius 3 is 2.83 bits per heavy atom. The van der Waals surface area contributed by atoms with Gasteiger partial charge in [-0.3, -0.25) is 14.6 Å². The summed E-state index contributed by atoms with van der Waals surface area (Å²) in [7, 11) is 0. The lowest BCUT2D eigenvalue weighted by Gasteiger charge is -2.01. The minimum absolute atomic E-state index is 0.165. The highest BCUT2D eigenvalue weighted by molar-refractivity contribution is 5.86. The standard InChI is InChI=1S/C13H15N3O2/c1-10(8-12-6-4-3-5-7-12)16-9-13(18-15-16)14-11(2)17/h3-7,9-10H,8H2,1-2H3/p+1. The second-order valence-electron chi connectivity index (χ2n) is 4.27. The van der Waals surface area contributed by atoms with Gasteiger partial charge in [-0.2, -0.15) is 0 Å². The second kappa shape index (κ2) is 5.44. The van der Waals surface area contributed by atoms with Crippen LogP contribution in [-0.4, -0.2) is 11.2 Å². The zero-order chi connectivity index (χ0) is 13.0. The monoisotopic (exact) mass is 246 g/mol. The normalized spacial score (nSPS) is 12.1. The molecule has 1 aromatic heterocycles. The number of anilines is 1. The molecule has 1 N–H and O–H groups in total. The van der Waals surface area contributed by atoms with Crippen molar-refractivity contribution in [3.05, 3.63) is 42.1 Å². The number of rotatable bonds is 4. The van der Waals surface area contributed by atoms with E-state index in [1.807, 2.05) is 25.1 Å². The van der Waals surface area contributed by atoms with Crippen LogP contribution in [0.25, 0.3) is 0 Å². The van der Waals surface area contributed by atoms with Crippen molar-refractivity contribution in [3.8, 4) is 0 Å². The number of carbonyl (C=O) groups excluding carboxylic acids is 1. The molecule has 2 rings (SSSR count). The van der Waals surface area contributed by atoms with Crippen LogP contribution < -0.4 is 10.00 Å². The number of hydrogen-bond donors (Lipinski definition) is 1. The van der Waals surface area contributed by atoms with Crippen LogP contribution in [-0.2, 0) is 11.2 Å². The Labute approximate surface area is 105 Å². The molecular weight excluding hydrogens is 230 g/mol. The van der Waals surface area contributed by atoms with Crippen molar-refractivity contribution in [1.29, 1.82) is 0 Å². The summed E-state index contributed by atoms with van der Waals surface area (Å²) in [5, 5.41) is 6.45. The lowest BCUT2D eigenvalue weighted by molar-refractivity contribution is -0.782. The second-order valence-corrected chi connectivity index (χ2v) is 4.27. The first-order valence-corrected chi connectivity index (χ1v) is 5.85. The fourth-order valence-corrected chi connectivity index (χ4v) is 1.74. The van der Waals surface area contributed by atoms with Gasteiger partial charge in [0, 0.05) is 20.3 Å². The minimum Gasteiger partial charge on any atom is -0.289 e. The molecule has 0 saturated carbocycles. The maximum Gasteiger partial charge on any atom is 0.302 e. The molecule has 0 aliphatic rings. The van der Waals surface area contributed by atoms with E-state index in [9.17, 15) is 4.79 Å². The maximum absolute atomic E-state index is 10.9. The number of nitrogens with one attached hydrogen (secondary N) is 1. The van der Waals surface area contributed by atoms with Crippen LogP contribution in [0.4, 0.5) is 5.88 Å². The number of benzene rings is 1. The highest BCUT2D eigenvalue weighted by Gasteiger charge is 2.20. The quantitative estimate of drug-likeness (QED) is 0.836. The molecule has 0 bridgehead atoms. The van der Waals surface area contributed by atoms with Gasteiger partial charge in [-0.25, -0.2) is 0 Å². The molecule has 0 aliphatic carbocycles.